The van der Waals surface area contributed by atoms with Crippen molar-refractivity contribution in [2.24, 2.45) is 0 Å². The molecule has 8 nitrogen and oxygen atoms in total. The van der Waals surface area contributed by atoms with Crippen LogP contribution in [0.5, 0.6) is 5.88 Å². The van der Waals surface area contributed by atoms with Gasteiger partial charge in [0.1, 0.15) is 18.2 Å². The number of morpholine rings is 1. The molecule has 2 aliphatic heterocycles. The van der Waals surface area contributed by atoms with Crippen LogP contribution in [-0.4, -0.2) is 73.6 Å². The number of urea groups is 1. The first kappa shape index (κ1) is 22.3. The molecular formula is C23H29FN4O4. The maximum absolute atomic E-state index is 14.7. The first-order valence-corrected chi connectivity index (χ1v) is 11.0. The Balaban J connectivity index is 1.68. The van der Waals surface area contributed by atoms with E-state index >= 15 is 0 Å². The SMILES string of the molecule is Cc1cc(F)c(NC(=O)N2CCCC2)cc1-c1cc(OCCO)nc(N2CCOCC2)c1. The molecule has 3 heterocycles. The molecule has 0 radical (unpaired) electrons. The van der Waals surface area contributed by atoms with E-state index in [1.54, 1.807) is 17.0 Å². The first-order valence-electron chi connectivity index (χ1n) is 11.0. The Morgan fingerprint density at radius 1 is 1.19 bits per heavy atom. The number of nitrogens with one attached hydrogen (secondary N) is 1. The lowest BCUT2D eigenvalue weighted by Crippen LogP contribution is -2.36. The van der Waals surface area contributed by atoms with Crippen LogP contribution in [0, 0.1) is 12.7 Å². The molecule has 0 bridgehead atoms. The summed E-state index contributed by atoms with van der Waals surface area (Å²) in [6, 6.07) is 6.51. The predicted molar refractivity (Wildman–Crippen MR) is 120 cm³/mol. The minimum absolute atomic E-state index is 0.124. The Kier molecular flexibility index (Phi) is 7.06. The molecule has 0 spiro atoms. The lowest BCUT2D eigenvalue weighted by Gasteiger charge is -2.28. The van der Waals surface area contributed by atoms with Crippen LogP contribution in [0.25, 0.3) is 11.1 Å². The summed E-state index contributed by atoms with van der Waals surface area (Å²) in [5.41, 5.74) is 2.44. The van der Waals surface area contributed by atoms with E-state index in [0.717, 1.165) is 35.3 Å². The molecule has 9 heteroatoms. The van der Waals surface area contributed by atoms with Crippen LogP contribution >= 0.6 is 0 Å². The number of nitrogens with zero attached hydrogens (tertiary/aromatic N) is 3. The first-order chi connectivity index (χ1) is 15.5. The molecule has 2 N–H and O–H groups in total. The Bertz CT molecular complexity index is 959. The Morgan fingerprint density at radius 2 is 1.94 bits per heavy atom. The maximum Gasteiger partial charge on any atom is 0.321 e. The zero-order chi connectivity index (χ0) is 22.5. The van der Waals surface area contributed by atoms with Crippen LogP contribution < -0.4 is 15.0 Å². The molecule has 4 rings (SSSR count). The number of amides is 2. The topological polar surface area (TPSA) is 87.2 Å². The lowest BCUT2D eigenvalue weighted by molar-refractivity contribution is 0.122. The van der Waals surface area contributed by atoms with Crippen molar-refractivity contribution < 1.29 is 23.8 Å². The van der Waals surface area contributed by atoms with Gasteiger partial charge < -0.3 is 29.7 Å². The summed E-state index contributed by atoms with van der Waals surface area (Å²) in [4.78, 5) is 20.9. The molecular weight excluding hydrogens is 415 g/mol. The van der Waals surface area contributed by atoms with Crippen LogP contribution in [0.2, 0.25) is 0 Å². The van der Waals surface area contributed by atoms with Crippen molar-refractivity contribution in [1.82, 2.24) is 9.88 Å². The van der Waals surface area contributed by atoms with Crippen LogP contribution in [0.3, 0.4) is 0 Å². The summed E-state index contributed by atoms with van der Waals surface area (Å²) >= 11 is 0. The van der Waals surface area contributed by atoms with Gasteiger partial charge in [-0.1, -0.05) is 0 Å². The molecule has 2 saturated heterocycles. The van der Waals surface area contributed by atoms with Crippen LogP contribution in [0.4, 0.5) is 20.7 Å². The van der Waals surface area contributed by atoms with Crippen LogP contribution in [-0.2, 0) is 4.74 Å². The van der Waals surface area contributed by atoms with Gasteiger partial charge in [-0.25, -0.2) is 9.18 Å². The second kappa shape index (κ2) is 10.1. The number of aryl methyl sites for hydroxylation is 1. The summed E-state index contributed by atoms with van der Waals surface area (Å²) in [7, 11) is 0. The molecule has 0 unspecified atom stereocenters. The fraction of sp³-hybridized carbons (Fsp3) is 0.478. The lowest BCUT2D eigenvalue weighted by atomic mass is 10.00. The summed E-state index contributed by atoms with van der Waals surface area (Å²) in [5, 5.41) is 11.9. The van der Waals surface area contributed by atoms with E-state index in [4.69, 9.17) is 14.6 Å². The fourth-order valence-electron chi connectivity index (χ4n) is 4.02. The van der Waals surface area contributed by atoms with Gasteiger partial charge in [0, 0.05) is 32.2 Å². The third kappa shape index (κ3) is 5.11. The molecule has 172 valence electrons. The standard InChI is InChI=1S/C23H29FN4O4/c1-16-12-19(24)20(25-23(30)28-4-2-3-5-28)15-18(16)17-13-21(27-6-9-31-10-7-27)26-22(14-17)32-11-8-29/h12-15,29H,2-11H2,1H3,(H,25,30). The molecule has 2 aliphatic rings. The van der Waals surface area contributed by atoms with E-state index in [9.17, 15) is 9.18 Å². The number of rotatable bonds is 6. The fourth-order valence-corrected chi connectivity index (χ4v) is 4.02. The second-order valence-electron chi connectivity index (χ2n) is 8.00. The number of benzene rings is 1. The van der Waals surface area contributed by atoms with E-state index in [2.05, 4.69) is 15.2 Å². The van der Waals surface area contributed by atoms with Crippen molar-refractivity contribution in [3.63, 3.8) is 0 Å². The van der Waals surface area contributed by atoms with E-state index in [0.29, 0.717) is 45.3 Å². The number of aromatic nitrogens is 1. The molecule has 0 atom stereocenters. The van der Waals surface area contributed by atoms with Gasteiger partial charge in [-0.15, -0.1) is 0 Å². The van der Waals surface area contributed by atoms with E-state index in [1.165, 1.54) is 6.07 Å². The van der Waals surface area contributed by atoms with Crippen molar-refractivity contribution >= 4 is 17.5 Å². The number of carbonyl (C=O) groups is 1. The number of anilines is 2. The average Bonchev–Trinajstić information content (AvgIpc) is 3.35. The number of hydrogen-bond donors (Lipinski definition) is 2. The highest BCUT2D eigenvalue weighted by Gasteiger charge is 2.21. The molecule has 0 saturated carbocycles. The number of likely N-dealkylation sites (tertiary alicyclic amines) is 1. The number of ether oxygens (including phenoxy) is 2. The van der Waals surface area contributed by atoms with Crippen molar-refractivity contribution in [2.45, 2.75) is 19.8 Å². The van der Waals surface area contributed by atoms with Gasteiger partial charge in [0.25, 0.3) is 0 Å². The Morgan fingerprint density at radius 3 is 2.66 bits per heavy atom. The maximum atomic E-state index is 14.7. The minimum atomic E-state index is -0.474. The molecule has 2 amide bonds. The highest BCUT2D eigenvalue weighted by molar-refractivity contribution is 5.91. The number of hydrogen-bond acceptors (Lipinski definition) is 6. The quantitative estimate of drug-likeness (QED) is 0.712. The van der Waals surface area contributed by atoms with Gasteiger partial charge >= 0.3 is 6.03 Å². The van der Waals surface area contributed by atoms with Gasteiger partial charge in [0.2, 0.25) is 5.88 Å². The van der Waals surface area contributed by atoms with Crippen molar-refractivity contribution in [3.8, 4) is 17.0 Å². The third-order valence-corrected chi connectivity index (χ3v) is 5.72. The molecule has 1 aromatic heterocycles. The molecule has 2 fully saturated rings. The zero-order valence-electron chi connectivity index (χ0n) is 18.3. The summed E-state index contributed by atoms with van der Waals surface area (Å²) in [5.74, 6) is 0.632. The number of aliphatic hydroxyl groups excluding tert-OH is 1. The predicted octanol–water partition coefficient (Wildman–Crippen LogP) is 3.03. The highest BCUT2D eigenvalue weighted by atomic mass is 19.1. The zero-order valence-corrected chi connectivity index (χ0v) is 18.3. The van der Waals surface area contributed by atoms with E-state index in [1.807, 2.05) is 13.0 Å². The van der Waals surface area contributed by atoms with Crippen LogP contribution in [0.1, 0.15) is 18.4 Å². The molecule has 0 aliphatic carbocycles. The molecule has 1 aromatic carbocycles. The normalized spacial score (nSPS) is 16.3. The number of pyridine rings is 1. The number of aliphatic hydroxyl groups is 1. The van der Waals surface area contributed by atoms with Crippen LogP contribution in [0.15, 0.2) is 24.3 Å². The van der Waals surface area contributed by atoms with Gasteiger partial charge in [0.05, 0.1) is 25.5 Å². The number of carbonyl (C=O) groups excluding carboxylic acids is 1. The molecule has 2 aromatic rings. The van der Waals surface area contributed by atoms with Crippen molar-refractivity contribution in [2.75, 3.05) is 62.8 Å². The van der Waals surface area contributed by atoms with Gasteiger partial charge in [0.15, 0.2) is 0 Å². The largest absolute Gasteiger partial charge is 0.475 e. The number of halogens is 1. The molecule has 32 heavy (non-hydrogen) atoms. The summed E-state index contributed by atoms with van der Waals surface area (Å²) in [6.45, 7) is 5.83. The minimum Gasteiger partial charge on any atom is -0.475 e. The average molecular weight is 445 g/mol. The van der Waals surface area contributed by atoms with Crippen molar-refractivity contribution in [1.29, 1.82) is 0 Å². The highest BCUT2D eigenvalue weighted by Crippen LogP contribution is 2.33. The Hall–Kier alpha value is -2.91. The van der Waals surface area contributed by atoms with Gasteiger partial charge in [-0.3, -0.25) is 0 Å². The van der Waals surface area contributed by atoms with Crippen molar-refractivity contribution in [3.05, 3.63) is 35.6 Å². The van der Waals surface area contributed by atoms with Gasteiger partial charge in [-0.2, -0.15) is 4.98 Å². The monoisotopic (exact) mass is 444 g/mol. The summed E-state index contributed by atoms with van der Waals surface area (Å²) < 4.78 is 25.7. The summed E-state index contributed by atoms with van der Waals surface area (Å²) in [6.07, 6.45) is 1.93. The Labute approximate surface area is 186 Å². The van der Waals surface area contributed by atoms with E-state index in [-0.39, 0.29) is 24.9 Å². The second-order valence-corrected chi connectivity index (χ2v) is 8.00. The van der Waals surface area contributed by atoms with E-state index < -0.39 is 5.82 Å². The smallest absolute Gasteiger partial charge is 0.321 e. The van der Waals surface area contributed by atoms with Gasteiger partial charge in [-0.05, 0) is 54.7 Å². The third-order valence-electron chi connectivity index (χ3n) is 5.72.